The number of halogens is 1. The molecule has 1 aliphatic rings. The number of nitrogens with zero attached hydrogens (tertiary/aromatic N) is 1. The van der Waals surface area contributed by atoms with Crippen LogP contribution in [0, 0.1) is 5.92 Å². The fraction of sp³-hybridized carbons (Fsp3) is 0.194. The van der Waals surface area contributed by atoms with Gasteiger partial charge in [0, 0.05) is 34.2 Å². The third-order valence-corrected chi connectivity index (χ3v) is 7.15. The number of benzene rings is 4. The van der Waals surface area contributed by atoms with Gasteiger partial charge in [-0.1, -0.05) is 59.3 Å². The number of ether oxygens (including phenoxy) is 2. The summed E-state index contributed by atoms with van der Waals surface area (Å²) in [6, 6.07) is 26.6. The smallest absolute Gasteiger partial charge is 0.311 e. The number of carbonyl (C=O) groups is 3. The van der Waals surface area contributed by atoms with Gasteiger partial charge in [-0.25, -0.2) is 0 Å². The third-order valence-electron chi connectivity index (χ3n) is 6.65. The van der Waals surface area contributed by atoms with Crippen molar-refractivity contribution in [3.05, 3.63) is 95.0 Å². The zero-order valence-electron chi connectivity index (χ0n) is 21.4. The molecule has 0 unspecified atom stereocenters. The molecule has 0 bridgehead atoms. The molecule has 7 nitrogen and oxygen atoms in total. The minimum absolute atomic E-state index is 0.0292. The second kappa shape index (κ2) is 11.7. The summed E-state index contributed by atoms with van der Waals surface area (Å²) >= 11 is 3.42. The molecule has 5 rings (SSSR count). The first kappa shape index (κ1) is 26.4. The number of esters is 1. The summed E-state index contributed by atoms with van der Waals surface area (Å²) in [4.78, 5) is 39.3. The van der Waals surface area contributed by atoms with E-state index in [1.54, 1.807) is 35.2 Å². The molecule has 198 valence electrons. The van der Waals surface area contributed by atoms with Crippen LogP contribution in [0.1, 0.15) is 18.9 Å². The summed E-state index contributed by atoms with van der Waals surface area (Å²) in [5, 5.41) is 4.88. The molecule has 1 saturated heterocycles. The molecule has 0 radical (unpaired) electrons. The zero-order valence-corrected chi connectivity index (χ0v) is 22.9. The Labute approximate surface area is 234 Å². The Morgan fingerprint density at radius 3 is 2.56 bits per heavy atom. The highest BCUT2D eigenvalue weighted by molar-refractivity contribution is 9.10. The number of anilines is 2. The van der Waals surface area contributed by atoms with E-state index in [4.69, 9.17) is 9.47 Å². The van der Waals surface area contributed by atoms with Crippen molar-refractivity contribution in [2.75, 3.05) is 23.4 Å². The number of nitrogens with one attached hydrogen (secondary N) is 1. The maximum atomic E-state index is 12.7. The Kier molecular flexibility index (Phi) is 7.93. The molecule has 0 spiro atoms. The van der Waals surface area contributed by atoms with Gasteiger partial charge in [-0.2, -0.15) is 0 Å². The standard InChI is InChI=1S/C31H27BrN2O5/c1-2-20-16-23(32)10-15-27(20)33-29(35)19-38-31(37)22-17-30(36)34(18-22)24-11-13-25(14-12-24)39-28-9-5-7-21-6-3-4-8-26(21)28/h3-16,22H,2,17-19H2,1H3,(H,33,35)/t22-/m0/s1. The maximum Gasteiger partial charge on any atom is 0.311 e. The summed E-state index contributed by atoms with van der Waals surface area (Å²) in [6.45, 7) is 1.77. The van der Waals surface area contributed by atoms with Gasteiger partial charge in [0.25, 0.3) is 5.91 Å². The van der Waals surface area contributed by atoms with Gasteiger partial charge in [0.15, 0.2) is 6.61 Å². The highest BCUT2D eigenvalue weighted by Crippen LogP contribution is 2.32. The van der Waals surface area contributed by atoms with Gasteiger partial charge in [-0.3, -0.25) is 14.4 Å². The summed E-state index contributed by atoms with van der Waals surface area (Å²) in [6.07, 6.45) is 0.770. The molecule has 1 aliphatic heterocycles. The molecule has 4 aromatic rings. The molecule has 2 amide bonds. The van der Waals surface area contributed by atoms with Crippen molar-refractivity contribution in [3.63, 3.8) is 0 Å². The molecule has 0 aromatic heterocycles. The zero-order chi connectivity index (χ0) is 27.4. The van der Waals surface area contributed by atoms with E-state index in [0.717, 1.165) is 33.0 Å². The number of hydrogen-bond donors (Lipinski definition) is 1. The van der Waals surface area contributed by atoms with Gasteiger partial charge < -0.3 is 19.7 Å². The van der Waals surface area contributed by atoms with E-state index in [1.165, 1.54) is 0 Å². The largest absolute Gasteiger partial charge is 0.457 e. The monoisotopic (exact) mass is 586 g/mol. The molecule has 0 aliphatic carbocycles. The molecule has 1 fully saturated rings. The topological polar surface area (TPSA) is 84.9 Å². The SMILES string of the molecule is CCc1cc(Br)ccc1NC(=O)COC(=O)[C@H]1CC(=O)N(c2ccc(Oc3cccc4ccccc34)cc2)C1. The molecule has 39 heavy (non-hydrogen) atoms. The minimum Gasteiger partial charge on any atom is -0.457 e. The van der Waals surface area contributed by atoms with Crippen LogP contribution in [0.15, 0.2) is 89.4 Å². The Hall–Kier alpha value is -4.17. The average Bonchev–Trinajstić information content (AvgIpc) is 3.35. The molecular formula is C31H27BrN2O5. The second-order valence-electron chi connectivity index (χ2n) is 9.29. The van der Waals surface area contributed by atoms with E-state index in [-0.39, 0.29) is 18.9 Å². The number of rotatable bonds is 8. The van der Waals surface area contributed by atoms with Crippen LogP contribution in [0.5, 0.6) is 11.5 Å². The van der Waals surface area contributed by atoms with Gasteiger partial charge in [-0.05, 0) is 65.9 Å². The highest BCUT2D eigenvalue weighted by Gasteiger charge is 2.36. The van der Waals surface area contributed by atoms with Crippen LogP contribution in [0.2, 0.25) is 0 Å². The first-order valence-electron chi connectivity index (χ1n) is 12.7. The number of carbonyl (C=O) groups excluding carboxylic acids is 3. The van der Waals surface area contributed by atoms with Gasteiger partial charge in [-0.15, -0.1) is 0 Å². The molecule has 4 aromatic carbocycles. The maximum absolute atomic E-state index is 12.7. The Bertz CT molecular complexity index is 1530. The van der Waals surface area contributed by atoms with Gasteiger partial charge in [0.05, 0.1) is 5.92 Å². The molecule has 1 atom stereocenters. The van der Waals surface area contributed by atoms with E-state index in [9.17, 15) is 14.4 Å². The van der Waals surface area contributed by atoms with Crippen molar-refractivity contribution in [2.24, 2.45) is 5.92 Å². The number of hydrogen-bond acceptors (Lipinski definition) is 5. The fourth-order valence-corrected chi connectivity index (χ4v) is 5.05. The van der Waals surface area contributed by atoms with Crippen LogP contribution in [-0.2, 0) is 25.5 Å². The van der Waals surface area contributed by atoms with Crippen LogP contribution in [0.25, 0.3) is 10.8 Å². The normalized spacial score (nSPS) is 14.9. The summed E-state index contributed by atoms with van der Waals surface area (Å²) in [7, 11) is 0. The van der Waals surface area contributed by atoms with E-state index < -0.39 is 24.4 Å². The minimum atomic E-state index is -0.643. The summed E-state index contributed by atoms with van der Waals surface area (Å²) in [5.74, 6) is -0.425. The molecule has 1 N–H and O–H groups in total. The Morgan fingerprint density at radius 2 is 1.77 bits per heavy atom. The number of amides is 2. The van der Waals surface area contributed by atoms with Crippen LogP contribution in [-0.4, -0.2) is 30.9 Å². The van der Waals surface area contributed by atoms with Crippen LogP contribution < -0.4 is 15.0 Å². The first-order chi connectivity index (χ1) is 18.9. The molecular weight excluding hydrogens is 560 g/mol. The van der Waals surface area contributed by atoms with E-state index >= 15 is 0 Å². The predicted octanol–water partition coefficient (Wildman–Crippen LogP) is 6.49. The predicted molar refractivity (Wildman–Crippen MR) is 154 cm³/mol. The van der Waals surface area contributed by atoms with Gasteiger partial charge >= 0.3 is 5.97 Å². The van der Waals surface area contributed by atoms with Gasteiger partial charge in [0.1, 0.15) is 11.5 Å². The molecule has 1 heterocycles. The third kappa shape index (κ3) is 6.12. The van der Waals surface area contributed by atoms with Crippen molar-refractivity contribution in [1.82, 2.24) is 0 Å². The lowest BCUT2D eigenvalue weighted by molar-refractivity contribution is -0.151. The van der Waals surface area contributed by atoms with Crippen LogP contribution >= 0.6 is 15.9 Å². The van der Waals surface area contributed by atoms with E-state index in [0.29, 0.717) is 17.1 Å². The molecule has 0 saturated carbocycles. The second-order valence-corrected chi connectivity index (χ2v) is 10.2. The van der Waals surface area contributed by atoms with Crippen molar-refractivity contribution < 1.29 is 23.9 Å². The van der Waals surface area contributed by atoms with Gasteiger partial charge in [0.2, 0.25) is 5.91 Å². The van der Waals surface area contributed by atoms with E-state index in [1.807, 2.05) is 61.5 Å². The van der Waals surface area contributed by atoms with E-state index in [2.05, 4.69) is 21.2 Å². The molecule has 8 heteroatoms. The first-order valence-corrected chi connectivity index (χ1v) is 13.5. The Morgan fingerprint density at radius 1 is 1.00 bits per heavy atom. The highest BCUT2D eigenvalue weighted by atomic mass is 79.9. The number of fused-ring (bicyclic) bond motifs is 1. The van der Waals surface area contributed by atoms with Crippen molar-refractivity contribution in [2.45, 2.75) is 19.8 Å². The lowest BCUT2D eigenvalue weighted by atomic mass is 10.1. The average molecular weight is 587 g/mol. The van der Waals surface area contributed by atoms with Crippen LogP contribution in [0.4, 0.5) is 11.4 Å². The Balaban J connectivity index is 1.16. The number of aryl methyl sites for hydroxylation is 1. The van der Waals surface area contributed by atoms with Crippen molar-refractivity contribution in [3.8, 4) is 11.5 Å². The van der Waals surface area contributed by atoms with Crippen molar-refractivity contribution in [1.29, 1.82) is 0 Å². The summed E-state index contributed by atoms with van der Waals surface area (Å²) in [5.41, 5.74) is 2.31. The van der Waals surface area contributed by atoms with Crippen molar-refractivity contribution >= 4 is 55.9 Å². The lowest BCUT2D eigenvalue weighted by Crippen LogP contribution is -2.28. The lowest BCUT2D eigenvalue weighted by Gasteiger charge is -2.17. The fourth-order valence-electron chi connectivity index (χ4n) is 4.64. The van der Waals surface area contributed by atoms with Crippen LogP contribution in [0.3, 0.4) is 0 Å². The quantitative estimate of drug-likeness (QED) is 0.238. The summed E-state index contributed by atoms with van der Waals surface area (Å²) < 4.78 is 12.3.